The van der Waals surface area contributed by atoms with E-state index in [4.69, 9.17) is 0 Å². The Bertz CT molecular complexity index is 223. The average molecular weight is 133 g/mol. The quantitative estimate of drug-likeness (QED) is 0.517. The van der Waals surface area contributed by atoms with Crippen molar-refractivity contribution in [2.24, 2.45) is 0 Å². The van der Waals surface area contributed by atoms with E-state index in [9.17, 15) is 0 Å². The number of rotatable bonds is 1. The van der Waals surface area contributed by atoms with Gasteiger partial charge in [0, 0.05) is 0 Å². The Morgan fingerprint density at radius 1 is 1.10 bits per heavy atom. The normalized spacial score (nSPS) is 9.50. The zero-order valence-corrected chi connectivity index (χ0v) is 6.81. The largest absolute Gasteiger partial charge is 0.192 e. The van der Waals surface area contributed by atoms with Gasteiger partial charge in [-0.2, -0.15) is 24.1 Å². The van der Waals surface area contributed by atoms with Gasteiger partial charge < -0.3 is 0 Å². The lowest BCUT2D eigenvalue weighted by Gasteiger charge is -2.09. The van der Waals surface area contributed by atoms with Crippen LogP contribution in [0.15, 0.2) is 18.2 Å². The molecule has 0 fully saturated rings. The minimum atomic E-state index is 1.31. The zero-order valence-electron chi connectivity index (χ0n) is 6.81. The van der Waals surface area contributed by atoms with Crippen LogP contribution < -0.4 is 0 Å². The summed E-state index contributed by atoms with van der Waals surface area (Å²) >= 11 is 0. The Hall–Kier alpha value is -0.910. The standard InChI is InChI=1S/C10H13/c1-4-10-6-5-8(2)9(3)7-10/h4-7H,1-3H3/q-1. The fourth-order valence-corrected chi connectivity index (χ4v) is 0.944. The molecular formula is C10H13-. The SMILES string of the molecule is C[CH-]c1ccc(C)c(C)c1. The van der Waals surface area contributed by atoms with Crippen molar-refractivity contribution in [1.82, 2.24) is 0 Å². The second-order valence-corrected chi connectivity index (χ2v) is 2.63. The van der Waals surface area contributed by atoms with Crippen molar-refractivity contribution in [2.75, 3.05) is 0 Å². The molecule has 0 atom stereocenters. The molecule has 0 nitrogen and oxygen atoms in total. The highest BCUT2D eigenvalue weighted by Gasteiger charge is 1.84. The molecule has 0 aliphatic carbocycles. The van der Waals surface area contributed by atoms with Crippen LogP contribution in [0.2, 0.25) is 0 Å². The summed E-state index contributed by atoms with van der Waals surface area (Å²) in [5.41, 5.74) is 4.05. The molecule has 0 bridgehead atoms. The van der Waals surface area contributed by atoms with E-state index in [0.29, 0.717) is 0 Å². The van der Waals surface area contributed by atoms with Crippen molar-refractivity contribution >= 4 is 0 Å². The minimum absolute atomic E-state index is 1.31. The molecule has 1 aromatic carbocycles. The molecule has 1 rings (SSSR count). The third-order valence-electron chi connectivity index (χ3n) is 1.86. The lowest BCUT2D eigenvalue weighted by molar-refractivity contribution is 1.30. The van der Waals surface area contributed by atoms with Crippen LogP contribution in [0.4, 0.5) is 0 Å². The lowest BCUT2D eigenvalue weighted by Crippen LogP contribution is -1.82. The molecule has 0 radical (unpaired) electrons. The first kappa shape index (κ1) is 7.20. The highest BCUT2D eigenvalue weighted by atomic mass is 14.0. The summed E-state index contributed by atoms with van der Waals surface area (Å²) in [6, 6.07) is 6.50. The highest BCUT2D eigenvalue weighted by Crippen LogP contribution is 2.10. The van der Waals surface area contributed by atoms with Gasteiger partial charge in [0.05, 0.1) is 0 Å². The van der Waals surface area contributed by atoms with Crippen molar-refractivity contribution < 1.29 is 0 Å². The topological polar surface area (TPSA) is 0 Å². The predicted molar refractivity (Wildman–Crippen MR) is 45.0 cm³/mol. The highest BCUT2D eigenvalue weighted by molar-refractivity contribution is 5.32. The Morgan fingerprint density at radius 3 is 2.30 bits per heavy atom. The molecular weight excluding hydrogens is 120 g/mol. The van der Waals surface area contributed by atoms with E-state index in [1.807, 2.05) is 0 Å². The fourth-order valence-electron chi connectivity index (χ4n) is 0.944. The molecule has 0 heterocycles. The van der Waals surface area contributed by atoms with E-state index in [1.165, 1.54) is 16.7 Å². The van der Waals surface area contributed by atoms with Gasteiger partial charge in [0.25, 0.3) is 0 Å². The summed E-state index contributed by atoms with van der Waals surface area (Å²) in [6.45, 7) is 6.33. The Kier molecular flexibility index (Phi) is 2.00. The number of benzene rings is 1. The number of aryl methyl sites for hydroxylation is 2. The Morgan fingerprint density at radius 2 is 1.80 bits per heavy atom. The fraction of sp³-hybridized carbons (Fsp3) is 0.300. The van der Waals surface area contributed by atoms with Crippen LogP contribution in [0, 0.1) is 20.3 Å². The van der Waals surface area contributed by atoms with E-state index >= 15 is 0 Å². The molecule has 1 aromatic rings. The summed E-state index contributed by atoms with van der Waals surface area (Å²) in [7, 11) is 0. The summed E-state index contributed by atoms with van der Waals surface area (Å²) in [5, 5.41) is 0. The molecule has 0 saturated heterocycles. The summed E-state index contributed by atoms with van der Waals surface area (Å²) < 4.78 is 0. The Balaban J connectivity index is 3.04. The summed E-state index contributed by atoms with van der Waals surface area (Å²) in [6.07, 6.45) is 2.12. The maximum absolute atomic E-state index is 2.20. The van der Waals surface area contributed by atoms with Crippen molar-refractivity contribution in [2.45, 2.75) is 20.8 Å². The summed E-state index contributed by atoms with van der Waals surface area (Å²) in [4.78, 5) is 0. The third kappa shape index (κ3) is 1.32. The molecule has 0 aliphatic heterocycles. The molecule has 0 saturated carbocycles. The third-order valence-corrected chi connectivity index (χ3v) is 1.86. The van der Waals surface area contributed by atoms with Gasteiger partial charge in [-0.3, -0.25) is 0 Å². The van der Waals surface area contributed by atoms with Gasteiger partial charge in [-0.25, -0.2) is 0 Å². The van der Waals surface area contributed by atoms with E-state index in [1.54, 1.807) is 0 Å². The maximum atomic E-state index is 2.20. The van der Waals surface area contributed by atoms with Gasteiger partial charge in [-0.05, 0) is 6.92 Å². The van der Waals surface area contributed by atoms with Crippen molar-refractivity contribution in [3.8, 4) is 0 Å². The molecule has 0 amide bonds. The van der Waals surface area contributed by atoms with Gasteiger partial charge in [-0.1, -0.05) is 19.4 Å². The van der Waals surface area contributed by atoms with Gasteiger partial charge in [0.15, 0.2) is 0 Å². The number of hydrogen-bond acceptors (Lipinski definition) is 0. The van der Waals surface area contributed by atoms with Crippen molar-refractivity contribution in [3.05, 3.63) is 41.3 Å². The smallest absolute Gasteiger partial charge is 0.0416 e. The molecule has 0 aliphatic rings. The van der Waals surface area contributed by atoms with Crippen LogP contribution >= 0.6 is 0 Å². The Labute approximate surface area is 62.9 Å². The van der Waals surface area contributed by atoms with Crippen LogP contribution in [0.5, 0.6) is 0 Å². The van der Waals surface area contributed by atoms with Crippen molar-refractivity contribution in [3.63, 3.8) is 0 Å². The predicted octanol–water partition coefficient (Wildman–Crippen LogP) is 2.88. The molecule has 0 spiro atoms. The first-order chi connectivity index (χ1) is 4.74. The minimum Gasteiger partial charge on any atom is -0.192 e. The first-order valence-electron chi connectivity index (χ1n) is 3.60. The van der Waals surface area contributed by atoms with E-state index in [0.717, 1.165) is 0 Å². The maximum Gasteiger partial charge on any atom is -0.0416 e. The van der Waals surface area contributed by atoms with E-state index in [2.05, 4.69) is 45.4 Å². The monoisotopic (exact) mass is 133 g/mol. The van der Waals surface area contributed by atoms with Crippen LogP contribution in [0.3, 0.4) is 0 Å². The van der Waals surface area contributed by atoms with Crippen LogP contribution in [-0.4, -0.2) is 0 Å². The zero-order chi connectivity index (χ0) is 7.56. The number of hydrogen-bond donors (Lipinski definition) is 0. The van der Waals surface area contributed by atoms with Gasteiger partial charge in [-0.15, -0.1) is 11.6 Å². The second-order valence-electron chi connectivity index (χ2n) is 2.63. The van der Waals surface area contributed by atoms with Crippen LogP contribution in [0.25, 0.3) is 0 Å². The van der Waals surface area contributed by atoms with Crippen LogP contribution in [0.1, 0.15) is 23.6 Å². The second kappa shape index (κ2) is 2.78. The van der Waals surface area contributed by atoms with E-state index in [-0.39, 0.29) is 0 Å². The van der Waals surface area contributed by atoms with E-state index < -0.39 is 0 Å². The molecule has 54 valence electrons. The molecule has 0 heteroatoms. The molecule has 0 N–H and O–H groups in total. The molecule has 0 aromatic heterocycles. The first-order valence-corrected chi connectivity index (χ1v) is 3.60. The van der Waals surface area contributed by atoms with Gasteiger partial charge in [0.1, 0.15) is 0 Å². The van der Waals surface area contributed by atoms with Crippen LogP contribution in [-0.2, 0) is 0 Å². The van der Waals surface area contributed by atoms with Gasteiger partial charge in [0.2, 0.25) is 0 Å². The van der Waals surface area contributed by atoms with Gasteiger partial charge >= 0.3 is 0 Å². The summed E-state index contributed by atoms with van der Waals surface area (Å²) in [5.74, 6) is 0. The average Bonchev–Trinajstić information content (AvgIpc) is 1.95. The lowest BCUT2D eigenvalue weighted by atomic mass is 10.1. The molecule has 0 unspecified atom stereocenters. The molecule has 10 heavy (non-hydrogen) atoms. The van der Waals surface area contributed by atoms with Crippen molar-refractivity contribution in [1.29, 1.82) is 0 Å².